The number of nitrogens with zero attached hydrogens (tertiary/aromatic N) is 1. The molecule has 0 heterocycles. The summed E-state index contributed by atoms with van der Waals surface area (Å²) in [6, 6.07) is 0. The Morgan fingerprint density at radius 1 is 1.39 bits per heavy atom. The van der Waals surface area contributed by atoms with E-state index in [0.29, 0.717) is 11.3 Å². The number of aliphatic imine (C=N–C) groups is 1. The fraction of sp³-hybridized carbons (Fsp3) is 0.722. The van der Waals surface area contributed by atoms with Crippen molar-refractivity contribution < 1.29 is 19.1 Å². The Balaban J connectivity index is 2.13. The second-order valence-electron chi connectivity index (χ2n) is 7.35. The van der Waals surface area contributed by atoms with Crippen molar-refractivity contribution in [2.45, 2.75) is 52.0 Å². The van der Waals surface area contributed by atoms with E-state index in [0.717, 1.165) is 12.3 Å². The first-order valence-corrected chi connectivity index (χ1v) is 8.15. The number of carbonyl (C=O) groups is 2. The van der Waals surface area contributed by atoms with Gasteiger partial charge in [-0.05, 0) is 49.0 Å². The molecule has 0 radical (unpaired) electrons. The van der Waals surface area contributed by atoms with E-state index in [-0.39, 0.29) is 18.8 Å². The minimum atomic E-state index is -1.06. The van der Waals surface area contributed by atoms with E-state index in [1.807, 2.05) is 6.21 Å². The molecule has 0 aliphatic heterocycles. The minimum Gasteiger partial charge on any atom is -0.469 e. The van der Waals surface area contributed by atoms with Crippen LogP contribution in [0.15, 0.2) is 16.6 Å². The number of methoxy groups -OCH3 is 2. The first-order valence-electron chi connectivity index (χ1n) is 8.15. The van der Waals surface area contributed by atoms with Crippen LogP contribution in [0.4, 0.5) is 0 Å². The number of rotatable bonds is 6. The van der Waals surface area contributed by atoms with Gasteiger partial charge in [0, 0.05) is 12.6 Å². The summed E-state index contributed by atoms with van der Waals surface area (Å²) >= 11 is 0. The summed E-state index contributed by atoms with van der Waals surface area (Å²) in [5.41, 5.74) is 0.448. The highest BCUT2D eigenvalue weighted by atomic mass is 16.5. The van der Waals surface area contributed by atoms with Crippen LogP contribution < -0.4 is 0 Å². The predicted molar refractivity (Wildman–Crippen MR) is 88.2 cm³/mol. The lowest BCUT2D eigenvalue weighted by atomic mass is 9.49. The summed E-state index contributed by atoms with van der Waals surface area (Å²) in [4.78, 5) is 28.0. The molecule has 3 aliphatic rings. The third kappa shape index (κ3) is 3.33. The zero-order valence-corrected chi connectivity index (χ0v) is 14.7. The molecule has 1 saturated carbocycles. The summed E-state index contributed by atoms with van der Waals surface area (Å²) in [6.45, 7) is 6.29. The molecule has 5 heteroatoms. The fourth-order valence-electron chi connectivity index (χ4n) is 3.65. The van der Waals surface area contributed by atoms with Gasteiger partial charge in [-0.2, -0.15) is 0 Å². The van der Waals surface area contributed by atoms with E-state index in [2.05, 4.69) is 29.7 Å². The highest BCUT2D eigenvalue weighted by Gasteiger charge is 2.50. The molecule has 0 saturated heterocycles. The van der Waals surface area contributed by atoms with Gasteiger partial charge < -0.3 is 9.47 Å². The smallest absolute Gasteiger partial charge is 0.333 e. The molecule has 0 spiro atoms. The summed E-state index contributed by atoms with van der Waals surface area (Å²) in [5, 5.41) is 0. The molecule has 0 aromatic rings. The maximum Gasteiger partial charge on any atom is 0.333 e. The molecule has 5 nitrogen and oxygen atoms in total. The lowest BCUT2D eigenvalue weighted by Gasteiger charge is -2.56. The molecule has 1 fully saturated rings. The van der Waals surface area contributed by atoms with E-state index in [1.54, 1.807) is 6.92 Å². The molecule has 3 aliphatic carbocycles. The first-order chi connectivity index (χ1) is 10.7. The van der Waals surface area contributed by atoms with Crippen LogP contribution in [0.1, 0.15) is 46.5 Å². The maximum absolute atomic E-state index is 12.1. The predicted octanol–water partition coefficient (Wildman–Crippen LogP) is 2.93. The third-order valence-electron chi connectivity index (χ3n) is 5.68. The second kappa shape index (κ2) is 6.46. The van der Waals surface area contributed by atoms with E-state index in [1.165, 1.54) is 26.2 Å². The van der Waals surface area contributed by atoms with Crippen molar-refractivity contribution in [2.75, 3.05) is 14.2 Å². The van der Waals surface area contributed by atoms with Crippen molar-refractivity contribution in [3.8, 4) is 0 Å². The fourth-order valence-corrected chi connectivity index (χ4v) is 3.65. The minimum absolute atomic E-state index is 0.134. The number of allylic oxidation sites excluding steroid dienone is 2. The second-order valence-corrected chi connectivity index (χ2v) is 7.35. The van der Waals surface area contributed by atoms with Gasteiger partial charge in [0.05, 0.1) is 14.2 Å². The quantitative estimate of drug-likeness (QED) is 0.557. The van der Waals surface area contributed by atoms with Gasteiger partial charge in [0.15, 0.2) is 5.54 Å². The van der Waals surface area contributed by atoms with Crippen LogP contribution in [-0.4, -0.2) is 37.9 Å². The summed E-state index contributed by atoms with van der Waals surface area (Å²) in [6.07, 6.45) is 6.72. The van der Waals surface area contributed by atoms with E-state index >= 15 is 0 Å². The summed E-state index contributed by atoms with van der Waals surface area (Å²) < 4.78 is 9.52. The Bertz CT molecular complexity index is 549. The lowest BCUT2D eigenvalue weighted by molar-refractivity contribution is -0.147. The highest BCUT2D eigenvalue weighted by Crippen LogP contribution is 2.58. The van der Waals surface area contributed by atoms with Gasteiger partial charge >= 0.3 is 11.9 Å². The Kier molecular flexibility index (Phi) is 4.97. The first kappa shape index (κ1) is 17.7. The van der Waals surface area contributed by atoms with E-state index in [4.69, 9.17) is 4.74 Å². The standard InChI is InChI=1S/C18H27NO4/c1-17(2)13-7-6-12(14(17)10-13)11-19-18(3,16(21)23-5)9-8-15(20)22-4/h6,11,13-14H,7-10H2,1-5H3/t13-,14-,18?/m0/s1. The average Bonchev–Trinajstić information content (AvgIpc) is 2.56. The van der Waals surface area contributed by atoms with Crippen LogP contribution in [0.5, 0.6) is 0 Å². The molecule has 23 heavy (non-hydrogen) atoms. The topological polar surface area (TPSA) is 65.0 Å². The van der Waals surface area contributed by atoms with E-state index in [9.17, 15) is 9.59 Å². The van der Waals surface area contributed by atoms with E-state index < -0.39 is 11.5 Å². The Hall–Kier alpha value is -1.65. The maximum atomic E-state index is 12.1. The normalized spacial score (nSPS) is 27.6. The Morgan fingerprint density at radius 2 is 2.09 bits per heavy atom. The average molecular weight is 321 g/mol. The molecular weight excluding hydrogens is 294 g/mol. The molecule has 128 valence electrons. The molecule has 2 bridgehead atoms. The van der Waals surface area contributed by atoms with Crippen molar-refractivity contribution in [3.63, 3.8) is 0 Å². The van der Waals surface area contributed by atoms with Crippen LogP contribution in [0.3, 0.4) is 0 Å². The molecule has 3 rings (SSSR count). The number of esters is 2. The zero-order chi connectivity index (χ0) is 17.3. The largest absolute Gasteiger partial charge is 0.469 e. The molecule has 1 unspecified atom stereocenters. The van der Waals surface area contributed by atoms with Gasteiger partial charge in [-0.3, -0.25) is 9.79 Å². The van der Waals surface area contributed by atoms with Crippen LogP contribution in [-0.2, 0) is 19.1 Å². The lowest BCUT2D eigenvalue weighted by Crippen LogP contribution is -2.48. The molecule has 0 N–H and O–H groups in total. The van der Waals surface area contributed by atoms with Gasteiger partial charge in [0.1, 0.15) is 0 Å². The number of hydrogen-bond acceptors (Lipinski definition) is 5. The zero-order valence-electron chi connectivity index (χ0n) is 14.7. The summed E-state index contributed by atoms with van der Waals surface area (Å²) in [5.74, 6) is 0.485. The van der Waals surface area contributed by atoms with Crippen molar-refractivity contribution in [3.05, 3.63) is 11.6 Å². The molecule has 0 aromatic carbocycles. The number of carbonyl (C=O) groups excluding carboxylic acids is 2. The SMILES string of the molecule is COC(=O)CCC(C)(N=CC1=CC[C@H]2C[C@@H]1C2(C)C)C(=O)OC. The molecular formula is C18H27NO4. The van der Waals surface area contributed by atoms with Gasteiger partial charge in [-0.15, -0.1) is 0 Å². The van der Waals surface area contributed by atoms with Gasteiger partial charge in [-0.25, -0.2) is 4.79 Å². The van der Waals surface area contributed by atoms with Gasteiger partial charge in [0.2, 0.25) is 0 Å². The molecule has 0 amide bonds. The van der Waals surface area contributed by atoms with Crippen LogP contribution >= 0.6 is 0 Å². The number of ether oxygens (including phenoxy) is 2. The van der Waals surface area contributed by atoms with Crippen molar-refractivity contribution >= 4 is 18.2 Å². The Labute approximate surface area is 138 Å². The number of hydrogen-bond donors (Lipinski definition) is 0. The Morgan fingerprint density at radius 3 is 2.61 bits per heavy atom. The molecule has 3 atom stereocenters. The van der Waals surface area contributed by atoms with Crippen molar-refractivity contribution in [2.24, 2.45) is 22.2 Å². The van der Waals surface area contributed by atoms with Crippen molar-refractivity contribution in [1.82, 2.24) is 0 Å². The molecule has 0 aromatic heterocycles. The third-order valence-corrected chi connectivity index (χ3v) is 5.68. The van der Waals surface area contributed by atoms with Crippen molar-refractivity contribution in [1.29, 1.82) is 0 Å². The summed E-state index contributed by atoms with van der Waals surface area (Å²) in [7, 11) is 2.68. The van der Waals surface area contributed by atoms with Crippen LogP contribution in [0.25, 0.3) is 0 Å². The monoisotopic (exact) mass is 321 g/mol. The van der Waals surface area contributed by atoms with Crippen LogP contribution in [0, 0.1) is 17.3 Å². The number of fused-ring (bicyclic) bond motifs is 1. The van der Waals surface area contributed by atoms with Gasteiger partial charge in [0.25, 0.3) is 0 Å². The highest BCUT2D eigenvalue weighted by molar-refractivity contribution is 5.87. The van der Waals surface area contributed by atoms with Gasteiger partial charge in [-0.1, -0.05) is 19.9 Å². The van der Waals surface area contributed by atoms with Crippen LogP contribution in [0.2, 0.25) is 0 Å².